The van der Waals surface area contributed by atoms with Crippen LogP contribution in [0.2, 0.25) is 0 Å². The molecule has 0 aliphatic rings. The Bertz CT molecular complexity index is 1410. The number of aliphatic hydroxyl groups is 1. The van der Waals surface area contributed by atoms with E-state index in [-0.39, 0.29) is 25.4 Å². The Kier molecular flexibility index (Phi) is 13.8. The van der Waals surface area contributed by atoms with E-state index in [1.165, 1.54) is 0 Å². The van der Waals surface area contributed by atoms with Gasteiger partial charge in [-0.25, -0.2) is 4.79 Å². The second-order valence-corrected chi connectivity index (χ2v) is 11.8. The van der Waals surface area contributed by atoms with Crippen LogP contribution in [0.3, 0.4) is 0 Å². The summed E-state index contributed by atoms with van der Waals surface area (Å²) in [6, 6.07) is 20.0. The number of carbonyl (C=O) groups excluding carboxylic acids is 4. The van der Waals surface area contributed by atoms with Gasteiger partial charge in [0.2, 0.25) is 17.7 Å². The fourth-order valence-corrected chi connectivity index (χ4v) is 5.21. The Morgan fingerprint density at radius 1 is 0.844 bits per heavy atom. The first-order chi connectivity index (χ1) is 21.6. The van der Waals surface area contributed by atoms with Crippen molar-refractivity contribution in [1.82, 2.24) is 16.0 Å². The molecule has 0 unspecified atom stereocenters. The van der Waals surface area contributed by atoms with E-state index in [4.69, 9.17) is 10.5 Å². The summed E-state index contributed by atoms with van der Waals surface area (Å²) >= 11 is 0. The van der Waals surface area contributed by atoms with E-state index in [2.05, 4.69) is 16.0 Å². The molecular formula is C35H46N4O6. The average molecular weight is 619 g/mol. The first-order valence-electron chi connectivity index (χ1n) is 15.6. The number of rotatable bonds is 17. The molecular weight excluding hydrogens is 572 g/mol. The third kappa shape index (κ3) is 11.5. The second kappa shape index (κ2) is 17.8. The van der Waals surface area contributed by atoms with Crippen LogP contribution in [0, 0.1) is 5.92 Å². The molecule has 45 heavy (non-hydrogen) atoms. The molecule has 0 bridgehead atoms. The summed E-state index contributed by atoms with van der Waals surface area (Å²) in [6.45, 7) is 5.88. The summed E-state index contributed by atoms with van der Waals surface area (Å²) in [4.78, 5) is 51.8. The van der Waals surface area contributed by atoms with Gasteiger partial charge in [-0.1, -0.05) is 106 Å². The van der Waals surface area contributed by atoms with Gasteiger partial charge in [0.15, 0.2) is 0 Å². The van der Waals surface area contributed by atoms with Gasteiger partial charge in [-0.3, -0.25) is 14.4 Å². The predicted molar refractivity (Wildman–Crippen MR) is 174 cm³/mol. The van der Waals surface area contributed by atoms with Crippen LogP contribution in [0.15, 0.2) is 72.8 Å². The molecule has 3 aromatic carbocycles. The number of ether oxygens (including phenoxy) is 1. The molecule has 3 rings (SSSR count). The van der Waals surface area contributed by atoms with Crippen LogP contribution in [0.1, 0.15) is 64.0 Å². The van der Waals surface area contributed by atoms with Crippen molar-refractivity contribution >= 4 is 34.6 Å². The summed E-state index contributed by atoms with van der Waals surface area (Å²) in [6.07, 6.45) is 0.105. The van der Waals surface area contributed by atoms with E-state index in [0.717, 1.165) is 28.3 Å². The second-order valence-electron chi connectivity index (χ2n) is 11.8. The molecule has 6 N–H and O–H groups in total. The highest BCUT2D eigenvalue weighted by molar-refractivity contribution is 5.92. The highest BCUT2D eigenvalue weighted by atomic mass is 16.5. The van der Waals surface area contributed by atoms with Crippen LogP contribution in [-0.2, 0) is 32.1 Å². The molecule has 10 heteroatoms. The molecule has 10 nitrogen and oxygen atoms in total. The van der Waals surface area contributed by atoms with Crippen molar-refractivity contribution < 1.29 is 29.0 Å². The number of nitrogens with two attached hydrogens (primary N) is 1. The van der Waals surface area contributed by atoms with E-state index in [0.29, 0.717) is 19.3 Å². The lowest BCUT2D eigenvalue weighted by Gasteiger charge is -2.28. The van der Waals surface area contributed by atoms with Crippen molar-refractivity contribution in [3.8, 4) is 0 Å². The molecule has 0 spiro atoms. The molecule has 0 aliphatic heterocycles. The summed E-state index contributed by atoms with van der Waals surface area (Å²) in [5.74, 6) is -1.60. The summed E-state index contributed by atoms with van der Waals surface area (Å²) in [5.41, 5.74) is 6.94. The van der Waals surface area contributed by atoms with Gasteiger partial charge < -0.3 is 31.5 Å². The Balaban J connectivity index is 1.82. The molecule has 4 amide bonds. The maximum absolute atomic E-state index is 13.8. The van der Waals surface area contributed by atoms with Crippen molar-refractivity contribution in [3.05, 3.63) is 83.9 Å². The van der Waals surface area contributed by atoms with Crippen molar-refractivity contribution in [2.45, 2.75) is 90.1 Å². The Morgan fingerprint density at radius 3 is 2.20 bits per heavy atom. The summed E-state index contributed by atoms with van der Waals surface area (Å²) in [5, 5.41) is 20.9. The number of fused-ring (bicyclic) bond motifs is 1. The van der Waals surface area contributed by atoms with Crippen molar-refractivity contribution in [3.63, 3.8) is 0 Å². The minimum Gasteiger partial charge on any atom is -0.445 e. The van der Waals surface area contributed by atoms with Crippen LogP contribution in [0.25, 0.3) is 10.8 Å². The number of carbonyl (C=O) groups is 4. The fourth-order valence-electron chi connectivity index (χ4n) is 5.21. The zero-order valence-electron chi connectivity index (χ0n) is 26.3. The smallest absolute Gasteiger partial charge is 0.408 e. The molecule has 0 radical (unpaired) electrons. The van der Waals surface area contributed by atoms with Crippen molar-refractivity contribution in [1.29, 1.82) is 0 Å². The molecule has 4 atom stereocenters. The van der Waals surface area contributed by atoms with E-state index >= 15 is 0 Å². The van der Waals surface area contributed by atoms with E-state index < -0.39 is 48.0 Å². The number of benzene rings is 3. The molecule has 242 valence electrons. The van der Waals surface area contributed by atoms with E-state index in [1.54, 1.807) is 0 Å². The maximum Gasteiger partial charge on any atom is 0.408 e. The first-order valence-corrected chi connectivity index (χ1v) is 15.6. The Labute approximate surface area is 265 Å². The average Bonchev–Trinajstić information content (AvgIpc) is 3.01. The number of primary amides is 1. The van der Waals surface area contributed by atoms with Crippen LogP contribution in [-0.4, -0.2) is 53.2 Å². The van der Waals surface area contributed by atoms with Crippen molar-refractivity contribution in [2.24, 2.45) is 11.7 Å². The zero-order valence-corrected chi connectivity index (χ0v) is 26.3. The molecule has 0 saturated carbocycles. The third-order valence-corrected chi connectivity index (χ3v) is 7.53. The standard InChI is InChI=1S/C35H46N4O6/c1-4-5-18-28(33(42)38-29(19-23(2)3)31(40)21-32(36)41)37-34(43)30(39-35(44)45-22-24-12-7-6-8-13-24)20-26-16-11-15-25-14-9-10-17-27(25)26/h6-17,23,28-31,40H,4-5,18-22H2,1-3H3,(H2,36,41)(H,37,43)(H,38,42)(H,39,44)/t28-,29-,30-,31-/m0/s1. The molecule has 0 aromatic heterocycles. The molecule has 0 fully saturated rings. The normalized spacial score (nSPS) is 13.8. The van der Waals surface area contributed by atoms with Gasteiger partial charge in [0.1, 0.15) is 18.7 Å². The predicted octanol–water partition coefficient (Wildman–Crippen LogP) is 4.12. The number of hydrogen-bond donors (Lipinski definition) is 5. The van der Waals surface area contributed by atoms with Crippen LogP contribution in [0.5, 0.6) is 0 Å². The van der Waals surface area contributed by atoms with Gasteiger partial charge in [-0.15, -0.1) is 0 Å². The monoisotopic (exact) mass is 618 g/mol. The van der Waals surface area contributed by atoms with Crippen LogP contribution in [0.4, 0.5) is 4.79 Å². The Hall–Kier alpha value is -4.44. The lowest BCUT2D eigenvalue weighted by atomic mass is 9.96. The molecule has 0 heterocycles. The highest BCUT2D eigenvalue weighted by Gasteiger charge is 2.31. The van der Waals surface area contributed by atoms with E-state index in [9.17, 15) is 24.3 Å². The summed E-state index contributed by atoms with van der Waals surface area (Å²) < 4.78 is 5.42. The van der Waals surface area contributed by atoms with Gasteiger partial charge in [0.25, 0.3) is 0 Å². The quantitative estimate of drug-likeness (QED) is 0.153. The topological polar surface area (TPSA) is 160 Å². The zero-order chi connectivity index (χ0) is 32.8. The molecule has 0 saturated heterocycles. The number of hydrogen-bond acceptors (Lipinski definition) is 6. The van der Waals surface area contributed by atoms with E-state index in [1.807, 2.05) is 93.6 Å². The number of nitrogens with one attached hydrogen (secondary N) is 3. The lowest BCUT2D eigenvalue weighted by Crippen LogP contribution is -2.57. The van der Waals surface area contributed by atoms with Crippen LogP contribution < -0.4 is 21.7 Å². The first kappa shape index (κ1) is 35.0. The highest BCUT2D eigenvalue weighted by Crippen LogP contribution is 2.20. The Morgan fingerprint density at radius 2 is 1.51 bits per heavy atom. The van der Waals surface area contributed by atoms with Crippen molar-refractivity contribution in [2.75, 3.05) is 0 Å². The maximum atomic E-state index is 13.8. The van der Waals surface area contributed by atoms with Gasteiger partial charge in [-0.2, -0.15) is 0 Å². The van der Waals surface area contributed by atoms with Crippen LogP contribution >= 0.6 is 0 Å². The van der Waals surface area contributed by atoms with Gasteiger partial charge in [-0.05, 0) is 40.7 Å². The number of aliphatic hydroxyl groups excluding tert-OH is 1. The largest absolute Gasteiger partial charge is 0.445 e. The lowest BCUT2D eigenvalue weighted by molar-refractivity contribution is -0.131. The SMILES string of the molecule is CCCC[C@H](NC(=O)[C@H](Cc1cccc2ccccc12)NC(=O)OCc1ccccc1)C(=O)N[C@@H](CC(C)C)[C@@H](O)CC(N)=O. The molecule has 3 aromatic rings. The van der Waals surface area contributed by atoms with Gasteiger partial charge in [0, 0.05) is 6.42 Å². The number of unbranched alkanes of at least 4 members (excludes halogenated alkanes) is 1. The summed E-state index contributed by atoms with van der Waals surface area (Å²) in [7, 11) is 0. The fraction of sp³-hybridized carbons (Fsp3) is 0.429. The third-order valence-electron chi connectivity index (χ3n) is 7.53. The minimum atomic E-state index is -1.17. The minimum absolute atomic E-state index is 0.0294. The van der Waals surface area contributed by atoms with Gasteiger partial charge >= 0.3 is 6.09 Å². The molecule has 0 aliphatic carbocycles. The van der Waals surface area contributed by atoms with Gasteiger partial charge in [0.05, 0.1) is 18.6 Å². The number of amides is 4. The number of alkyl carbamates (subject to hydrolysis) is 1.